The van der Waals surface area contributed by atoms with Gasteiger partial charge in [-0.3, -0.25) is 0 Å². The summed E-state index contributed by atoms with van der Waals surface area (Å²) in [5, 5.41) is 0. The number of aromatic nitrogens is 2. The Morgan fingerprint density at radius 2 is 1.81 bits per heavy atom. The highest BCUT2D eigenvalue weighted by atomic mass is 79.9. The average molecular weight is 277 g/mol. The Morgan fingerprint density at radius 3 is 2.44 bits per heavy atom. The summed E-state index contributed by atoms with van der Waals surface area (Å²) in [4.78, 5) is 8.81. The number of hydrogen-bond acceptors (Lipinski definition) is 2. The van der Waals surface area contributed by atoms with Crippen LogP contribution in [0.4, 0.5) is 0 Å². The number of halogens is 1. The van der Waals surface area contributed by atoms with Crippen molar-refractivity contribution in [3.8, 4) is 11.3 Å². The molecule has 0 atom stereocenters. The van der Waals surface area contributed by atoms with Crippen molar-refractivity contribution in [2.24, 2.45) is 0 Å². The van der Waals surface area contributed by atoms with Crippen molar-refractivity contribution in [1.82, 2.24) is 9.97 Å². The molecule has 2 nitrogen and oxygen atoms in total. The first-order chi connectivity index (χ1) is 7.69. The minimum Gasteiger partial charge on any atom is -0.233 e. The average Bonchev–Trinajstić information content (AvgIpc) is 2.29. The van der Waals surface area contributed by atoms with E-state index >= 15 is 0 Å². The number of aryl methyl sites for hydroxylation is 2. The van der Waals surface area contributed by atoms with Crippen LogP contribution >= 0.6 is 15.9 Å². The first kappa shape index (κ1) is 11.3. The molecule has 0 N–H and O–H groups in total. The zero-order chi connectivity index (χ0) is 11.5. The SMILES string of the molecule is CCc1nc(Br)cc(-c2ccc(C)cc2)n1. The van der Waals surface area contributed by atoms with Gasteiger partial charge in [0.1, 0.15) is 10.4 Å². The second-order valence-corrected chi connectivity index (χ2v) is 4.52. The lowest BCUT2D eigenvalue weighted by molar-refractivity contribution is 0.931. The molecule has 0 radical (unpaired) electrons. The van der Waals surface area contributed by atoms with Gasteiger partial charge in [-0.15, -0.1) is 0 Å². The first-order valence-electron chi connectivity index (χ1n) is 5.29. The molecule has 0 aliphatic heterocycles. The summed E-state index contributed by atoms with van der Waals surface area (Å²) in [5.74, 6) is 0.866. The third-order valence-corrected chi connectivity index (χ3v) is 2.81. The summed E-state index contributed by atoms with van der Waals surface area (Å²) in [7, 11) is 0. The second kappa shape index (κ2) is 4.74. The summed E-state index contributed by atoms with van der Waals surface area (Å²) in [6.45, 7) is 4.14. The minimum absolute atomic E-state index is 0.843. The molecule has 1 aromatic carbocycles. The van der Waals surface area contributed by atoms with E-state index in [-0.39, 0.29) is 0 Å². The molecule has 0 fully saturated rings. The van der Waals surface area contributed by atoms with Crippen LogP contribution in [0.25, 0.3) is 11.3 Å². The summed E-state index contributed by atoms with van der Waals surface area (Å²) in [5.41, 5.74) is 3.36. The monoisotopic (exact) mass is 276 g/mol. The lowest BCUT2D eigenvalue weighted by Crippen LogP contribution is -1.95. The third-order valence-electron chi connectivity index (χ3n) is 2.40. The molecule has 1 aromatic heterocycles. The Kier molecular flexibility index (Phi) is 3.34. The molecule has 0 unspecified atom stereocenters. The molecule has 0 saturated carbocycles. The number of benzene rings is 1. The molecule has 0 amide bonds. The smallest absolute Gasteiger partial charge is 0.130 e. The molecule has 0 saturated heterocycles. The Hall–Kier alpha value is -1.22. The predicted octanol–water partition coefficient (Wildman–Crippen LogP) is 3.78. The van der Waals surface area contributed by atoms with E-state index in [1.54, 1.807) is 0 Å². The van der Waals surface area contributed by atoms with Crippen LogP contribution in [0, 0.1) is 6.92 Å². The quantitative estimate of drug-likeness (QED) is 0.781. The number of nitrogens with zero attached hydrogens (tertiary/aromatic N) is 2. The van der Waals surface area contributed by atoms with E-state index in [2.05, 4.69) is 64.0 Å². The predicted molar refractivity (Wildman–Crippen MR) is 69.3 cm³/mol. The van der Waals surface area contributed by atoms with Gasteiger partial charge in [-0.25, -0.2) is 9.97 Å². The van der Waals surface area contributed by atoms with Gasteiger partial charge in [0.25, 0.3) is 0 Å². The second-order valence-electron chi connectivity index (χ2n) is 3.71. The number of rotatable bonds is 2. The summed E-state index contributed by atoms with van der Waals surface area (Å²) >= 11 is 3.41. The summed E-state index contributed by atoms with van der Waals surface area (Å²) in [6, 6.07) is 10.3. The van der Waals surface area contributed by atoms with Crippen LogP contribution in [-0.4, -0.2) is 9.97 Å². The third kappa shape index (κ3) is 2.47. The molecule has 82 valence electrons. The molecule has 0 aliphatic carbocycles. The van der Waals surface area contributed by atoms with Crippen molar-refractivity contribution in [3.63, 3.8) is 0 Å². The molecule has 2 rings (SSSR count). The lowest BCUT2D eigenvalue weighted by Gasteiger charge is -2.04. The van der Waals surface area contributed by atoms with Gasteiger partial charge >= 0.3 is 0 Å². The van der Waals surface area contributed by atoms with Crippen LogP contribution in [0.5, 0.6) is 0 Å². The summed E-state index contributed by atoms with van der Waals surface area (Å²) < 4.78 is 0.843. The molecule has 0 spiro atoms. The lowest BCUT2D eigenvalue weighted by atomic mass is 10.1. The fourth-order valence-corrected chi connectivity index (χ4v) is 1.92. The Bertz CT molecular complexity index is 492. The van der Waals surface area contributed by atoms with E-state index in [1.807, 2.05) is 6.07 Å². The normalized spacial score (nSPS) is 10.4. The van der Waals surface area contributed by atoms with E-state index in [4.69, 9.17) is 0 Å². The van der Waals surface area contributed by atoms with Gasteiger partial charge in [0.2, 0.25) is 0 Å². The van der Waals surface area contributed by atoms with Crippen molar-refractivity contribution in [3.05, 3.63) is 46.3 Å². The van der Waals surface area contributed by atoms with Crippen LogP contribution in [0.15, 0.2) is 34.9 Å². The molecule has 0 aliphatic rings. The van der Waals surface area contributed by atoms with Crippen LogP contribution in [-0.2, 0) is 6.42 Å². The topological polar surface area (TPSA) is 25.8 Å². The van der Waals surface area contributed by atoms with Crippen LogP contribution in [0.1, 0.15) is 18.3 Å². The maximum Gasteiger partial charge on any atom is 0.130 e. The van der Waals surface area contributed by atoms with Gasteiger partial charge in [0, 0.05) is 12.0 Å². The molecule has 3 heteroatoms. The van der Waals surface area contributed by atoms with E-state index in [0.717, 1.165) is 28.1 Å². The maximum absolute atomic E-state index is 4.51. The molecule has 16 heavy (non-hydrogen) atoms. The molecule has 2 aromatic rings. The highest BCUT2D eigenvalue weighted by molar-refractivity contribution is 9.10. The Morgan fingerprint density at radius 1 is 1.12 bits per heavy atom. The van der Waals surface area contributed by atoms with Crippen LogP contribution < -0.4 is 0 Å². The van der Waals surface area contributed by atoms with Gasteiger partial charge < -0.3 is 0 Å². The van der Waals surface area contributed by atoms with Crippen molar-refractivity contribution in [1.29, 1.82) is 0 Å². The van der Waals surface area contributed by atoms with Crippen molar-refractivity contribution < 1.29 is 0 Å². The van der Waals surface area contributed by atoms with Crippen LogP contribution in [0.3, 0.4) is 0 Å². The van der Waals surface area contributed by atoms with E-state index < -0.39 is 0 Å². The van der Waals surface area contributed by atoms with E-state index in [1.165, 1.54) is 5.56 Å². The van der Waals surface area contributed by atoms with E-state index in [0.29, 0.717) is 0 Å². The highest BCUT2D eigenvalue weighted by Crippen LogP contribution is 2.20. The fourth-order valence-electron chi connectivity index (χ4n) is 1.50. The molecule has 1 heterocycles. The fraction of sp³-hybridized carbons (Fsp3) is 0.231. The first-order valence-corrected chi connectivity index (χ1v) is 6.09. The molecule has 0 bridgehead atoms. The minimum atomic E-state index is 0.843. The largest absolute Gasteiger partial charge is 0.233 e. The van der Waals surface area contributed by atoms with Gasteiger partial charge in [-0.05, 0) is 28.9 Å². The van der Waals surface area contributed by atoms with Crippen LogP contribution in [0.2, 0.25) is 0 Å². The van der Waals surface area contributed by atoms with E-state index in [9.17, 15) is 0 Å². The zero-order valence-electron chi connectivity index (χ0n) is 9.37. The van der Waals surface area contributed by atoms with Gasteiger partial charge in [0.15, 0.2) is 0 Å². The summed E-state index contributed by atoms with van der Waals surface area (Å²) in [6.07, 6.45) is 0.846. The Labute approximate surface area is 104 Å². The van der Waals surface area contributed by atoms with Gasteiger partial charge in [0.05, 0.1) is 5.69 Å². The van der Waals surface area contributed by atoms with Gasteiger partial charge in [-0.1, -0.05) is 36.8 Å². The molecular formula is C13H13BrN2. The molecular weight excluding hydrogens is 264 g/mol. The maximum atomic E-state index is 4.51. The van der Waals surface area contributed by atoms with Crippen molar-refractivity contribution in [2.75, 3.05) is 0 Å². The standard InChI is InChI=1S/C13H13BrN2/c1-3-13-15-11(8-12(14)16-13)10-6-4-9(2)5-7-10/h4-8H,3H2,1-2H3. The number of hydrogen-bond donors (Lipinski definition) is 0. The highest BCUT2D eigenvalue weighted by Gasteiger charge is 2.03. The van der Waals surface area contributed by atoms with Crippen molar-refractivity contribution >= 4 is 15.9 Å². The zero-order valence-corrected chi connectivity index (χ0v) is 11.0. The van der Waals surface area contributed by atoms with Crippen molar-refractivity contribution in [2.45, 2.75) is 20.3 Å². The Balaban J connectivity index is 2.47. The van der Waals surface area contributed by atoms with Gasteiger partial charge in [-0.2, -0.15) is 0 Å².